The molecule has 1 aromatic rings. The van der Waals surface area contributed by atoms with Gasteiger partial charge in [-0.15, -0.1) is 0 Å². The largest absolute Gasteiger partial charge is 0.184 e. The molecule has 2 rings (SSSR count). The monoisotopic (exact) mass is 174 g/mol. The van der Waals surface area contributed by atoms with Gasteiger partial charge < -0.3 is 0 Å². The van der Waals surface area contributed by atoms with Crippen LogP contribution in [0.25, 0.3) is 0 Å². The Morgan fingerprint density at radius 2 is 2.23 bits per heavy atom. The quantitative estimate of drug-likeness (QED) is 0.655. The van der Waals surface area contributed by atoms with Crippen molar-refractivity contribution in [1.82, 2.24) is 0 Å². The van der Waals surface area contributed by atoms with Crippen LogP contribution >= 0.6 is 0 Å². The van der Waals surface area contributed by atoms with Crippen LogP contribution in [0, 0.1) is 5.92 Å². The Bertz CT molecular complexity index is 340. The standard InChI is InChI=1S/C11H14N2/c1-8(2)5-9-3-4-10-7-12-13-11(10)6-9/h3-4,6,8H,5,7H2,1-2H3. The van der Waals surface area contributed by atoms with Crippen LogP contribution in [0.5, 0.6) is 0 Å². The number of rotatable bonds is 2. The zero-order chi connectivity index (χ0) is 9.26. The summed E-state index contributed by atoms with van der Waals surface area (Å²) in [6.45, 7) is 5.22. The van der Waals surface area contributed by atoms with Gasteiger partial charge in [-0.2, -0.15) is 10.2 Å². The van der Waals surface area contributed by atoms with Gasteiger partial charge in [-0.25, -0.2) is 0 Å². The first kappa shape index (κ1) is 8.42. The maximum Gasteiger partial charge on any atom is 0.0906 e. The van der Waals surface area contributed by atoms with Gasteiger partial charge in [-0.1, -0.05) is 26.0 Å². The van der Waals surface area contributed by atoms with E-state index in [1.54, 1.807) is 0 Å². The molecule has 1 aliphatic heterocycles. The van der Waals surface area contributed by atoms with E-state index in [1.165, 1.54) is 11.1 Å². The van der Waals surface area contributed by atoms with Crippen LogP contribution in [0.4, 0.5) is 5.69 Å². The predicted octanol–water partition coefficient (Wildman–Crippen LogP) is 3.48. The molecule has 0 saturated carbocycles. The summed E-state index contributed by atoms with van der Waals surface area (Å²) in [4.78, 5) is 0. The minimum atomic E-state index is 0.705. The second kappa shape index (κ2) is 3.29. The summed E-state index contributed by atoms with van der Waals surface area (Å²) in [7, 11) is 0. The van der Waals surface area contributed by atoms with Gasteiger partial charge in [-0.3, -0.25) is 0 Å². The van der Waals surface area contributed by atoms with Crippen molar-refractivity contribution >= 4 is 5.69 Å². The fourth-order valence-corrected chi connectivity index (χ4v) is 1.62. The Hall–Kier alpha value is -1.18. The first-order valence-electron chi connectivity index (χ1n) is 4.75. The van der Waals surface area contributed by atoms with Crippen molar-refractivity contribution in [1.29, 1.82) is 0 Å². The molecule has 0 bridgehead atoms. The molecular weight excluding hydrogens is 160 g/mol. The van der Waals surface area contributed by atoms with Crippen molar-refractivity contribution < 1.29 is 0 Å². The zero-order valence-electron chi connectivity index (χ0n) is 8.12. The average Bonchev–Trinajstić information content (AvgIpc) is 2.49. The van der Waals surface area contributed by atoms with Crippen molar-refractivity contribution in [2.45, 2.75) is 26.8 Å². The molecular formula is C11H14N2. The SMILES string of the molecule is CC(C)Cc1ccc2c(c1)N=NC2. The van der Waals surface area contributed by atoms with E-state index < -0.39 is 0 Å². The van der Waals surface area contributed by atoms with Gasteiger partial charge in [0.25, 0.3) is 0 Å². The minimum absolute atomic E-state index is 0.705. The van der Waals surface area contributed by atoms with E-state index in [1.807, 2.05) is 0 Å². The van der Waals surface area contributed by atoms with E-state index >= 15 is 0 Å². The highest BCUT2D eigenvalue weighted by Crippen LogP contribution is 2.28. The van der Waals surface area contributed by atoms with Crippen LogP contribution in [0.3, 0.4) is 0 Å². The molecule has 0 amide bonds. The Morgan fingerprint density at radius 1 is 1.38 bits per heavy atom. The molecule has 2 heteroatoms. The van der Waals surface area contributed by atoms with Gasteiger partial charge in [0, 0.05) is 5.56 Å². The molecule has 1 heterocycles. The third-order valence-corrected chi connectivity index (χ3v) is 2.21. The summed E-state index contributed by atoms with van der Waals surface area (Å²) in [5.74, 6) is 0.705. The molecule has 0 spiro atoms. The molecule has 13 heavy (non-hydrogen) atoms. The van der Waals surface area contributed by atoms with Crippen LogP contribution in [-0.2, 0) is 13.0 Å². The van der Waals surface area contributed by atoms with Crippen molar-refractivity contribution in [3.05, 3.63) is 29.3 Å². The Balaban J connectivity index is 2.25. The summed E-state index contributed by atoms with van der Waals surface area (Å²) in [5, 5.41) is 8.09. The highest BCUT2D eigenvalue weighted by atomic mass is 15.1. The molecule has 0 radical (unpaired) electrons. The second-order valence-corrected chi connectivity index (χ2v) is 3.96. The number of benzene rings is 1. The fraction of sp³-hybridized carbons (Fsp3) is 0.455. The minimum Gasteiger partial charge on any atom is -0.184 e. The fourth-order valence-electron chi connectivity index (χ4n) is 1.62. The molecule has 0 saturated heterocycles. The summed E-state index contributed by atoms with van der Waals surface area (Å²) < 4.78 is 0. The number of nitrogens with zero attached hydrogens (tertiary/aromatic N) is 2. The van der Waals surface area contributed by atoms with E-state index in [4.69, 9.17) is 0 Å². The van der Waals surface area contributed by atoms with Gasteiger partial charge in [-0.05, 0) is 24.0 Å². The first-order valence-corrected chi connectivity index (χ1v) is 4.75. The molecule has 0 aromatic heterocycles. The van der Waals surface area contributed by atoms with Crippen molar-refractivity contribution in [3.8, 4) is 0 Å². The topological polar surface area (TPSA) is 24.7 Å². The van der Waals surface area contributed by atoms with Gasteiger partial charge in [0.1, 0.15) is 0 Å². The summed E-state index contributed by atoms with van der Waals surface area (Å²) in [6.07, 6.45) is 1.13. The van der Waals surface area contributed by atoms with Gasteiger partial charge in [0.15, 0.2) is 0 Å². The van der Waals surface area contributed by atoms with Gasteiger partial charge in [0.05, 0.1) is 12.2 Å². The second-order valence-electron chi connectivity index (χ2n) is 3.96. The van der Waals surface area contributed by atoms with E-state index in [0.717, 1.165) is 18.7 Å². The number of azo groups is 1. The lowest BCUT2D eigenvalue weighted by molar-refractivity contribution is 0.647. The van der Waals surface area contributed by atoms with Crippen LogP contribution < -0.4 is 0 Å². The zero-order valence-corrected chi connectivity index (χ0v) is 8.12. The highest BCUT2D eigenvalue weighted by Gasteiger charge is 2.08. The lowest BCUT2D eigenvalue weighted by Crippen LogP contribution is -1.93. The van der Waals surface area contributed by atoms with Crippen LogP contribution in [-0.4, -0.2) is 0 Å². The molecule has 0 aliphatic carbocycles. The van der Waals surface area contributed by atoms with Crippen molar-refractivity contribution in [3.63, 3.8) is 0 Å². The Morgan fingerprint density at radius 3 is 3.00 bits per heavy atom. The highest BCUT2D eigenvalue weighted by molar-refractivity contribution is 5.49. The van der Waals surface area contributed by atoms with Gasteiger partial charge in [0.2, 0.25) is 0 Å². The first-order chi connectivity index (χ1) is 6.25. The lowest BCUT2D eigenvalue weighted by Gasteiger charge is -2.05. The lowest BCUT2D eigenvalue weighted by atomic mass is 10.0. The van der Waals surface area contributed by atoms with E-state index in [2.05, 4.69) is 42.3 Å². The van der Waals surface area contributed by atoms with Crippen molar-refractivity contribution in [2.24, 2.45) is 16.1 Å². The third kappa shape index (κ3) is 1.77. The average molecular weight is 174 g/mol. The number of hydrogen-bond acceptors (Lipinski definition) is 2. The molecule has 0 N–H and O–H groups in total. The maximum absolute atomic E-state index is 4.09. The summed E-state index contributed by atoms with van der Waals surface area (Å²) in [6, 6.07) is 6.49. The molecule has 1 aliphatic rings. The van der Waals surface area contributed by atoms with E-state index in [9.17, 15) is 0 Å². The molecule has 2 nitrogen and oxygen atoms in total. The third-order valence-electron chi connectivity index (χ3n) is 2.21. The Labute approximate surface area is 78.7 Å². The molecule has 0 unspecified atom stereocenters. The van der Waals surface area contributed by atoms with Gasteiger partial charge >= 0.3 is 0 Å². The maximum atomic E-state index is 4.09. The molecule has 0 atom stereocenters. The van der Waals surface area contributed by atoms with Crippen LogP contribution in [0.2, 0.25) is 0 Å². The van der Waals surface area contributed by atoms with Crippen molar-refractivity contribution in [2.75, 3.05) is 0 Å². The molecule has 68 valence electrons. The Kier molecular flexibility index (Phi) is 2.13. The molecule has 0 fully saturated rings. The smallest absolute Gasteiger partial charge is 0.0906 e. The number of fused-ring (bicyclic) bond motifs is 1. The molecule has 1 aromatic carbocycles. The normalized spacial score (nSPS) is 13.8. The summed E-state index contributed by atoms with van der Waals surface area (Å²) in [5.41, 5.74) is 3.69. The summed E-state index contributed by atoms with van der Waals surface area (Å²) >= 11 is 0. The predicted molar refractivity (Wildman–Crippen MR) is 53.2 cm³/mol. The van der Waals surface area contributed by atoms with Crippen LogP contribution in [0.1, 0.15) is 25.0 Å². The van der Waals surface area contributed by atoms with Crippen LogP contribution in [0.15, 0.2) is 28.4 Å². The van der Waals surface area contributed by atoms with E-state index in [0.29, 0.717) is 5.92 Å². The van der Waals surface area contributed by atoms with E-state index in [-0.39, 0.29) is 0 Å². The number of hydrogen-bond donors (Lipinski definition) is 0.